The molecule has 1 fully saturated rings. The van der Waals surface area contributed by atoms with Crippen molar-refractivity contribution in [3.05, 3.63) is 29.8 Å². The van der Waals surface area contributed by atoms with Crippen LogP contribution in [0.1, 0.15) is 32.3 Å². The molecule has 0 atom stereocenters. The number of hydrogen-bond acceptors (Lipinski definition) is 3. The summed E-state index contributed by atoms with van der Waals surface area (Å²) < 4.78 is 5.78. The molecule has 0 saturated carbocycles. The average Bonchev–Trinajstić information content (AvgIpc) is 2.46. The zero-order valence-electron chi connectivity index (χ0n) is 12.7. The van der Waals surface area contributed by atoms with E-state index in [0.29, 0.717) is 18.4 Å². The second kappa shape index (κ2) is 7.65. The smallest absolute Gasteiger partial charge is 0.119 e. The minimum absolute atomic E-state index is 0.340. The molecule has 0 aliphatic carbocycles. The molecule has 3 heteroatoms. The zero-order valence-corrected chi connectivity index (χ0v) is 12.7. The maximum absolute atomic E-state index is 9.17. The lowest BCUT2D eigenvalue weighted by molar-refractivity contribution is 0.127. The van der Waals surface area contributed by atoms with E-state index in [-0.39, 0.29) is 0 Å². The van der Waals surface area contributed by atoms with E-state index in [1.165, 1.54) is 5.56 Å². The Morgan fingerprint density at radius 2 is 2.05 bits per heavy atom. The van der Waals surface area contributed by atoms with Crippen LogP contribution in [0.4, 0.5) is 0 Å². The first kappa shape index (κ1) is 15.3. The van der Waals surface area contributed by atoms with Crippen LogP contribution in [0.2, 0.25) is 0 Å². The van der Waals surface area contributed by atoms with Crippen molar-refractivity contribution < 1.29 is 9.84 Å². The fraction of sp³-hybridized carbons (Fsp3) is 0.647. The number of aliphatic hydroxyl groups excluding tert-OH is 1. The van der Waals surface area contributed by atoms with Gasteiger partial charge in [0.15, 0.2) is 0 Å². The summed E-state index contributed by atoms with van der Waals surface area (Å²) in [7, 11) is 0. The summed E-state index contributed by atoms with van der Waals surface area (Å²) in [6.07, 6.45) is 2.22. The first-order valence-corrected chi connectivity index (χ1v) is 7.72. The van der Waals surface area contributed by atoms with Crippen molar-refractivity contribution in [1.82, 2.24) is 4.90 Å². The van der Waals surface area contributed by atoms with Gasteiger partial charge in [0.25, 0.3) is 0 Å². The Kier molecular flexibility index (Phi) is 5.86. The molecule has 1 heterocycles. The number of likely N-dealkylation sites (tertiary alicyclic amines) is 1. The van der Waals surface area contributed by atoms with Crippen molar-refractivity contribution >= 4 is 0 Å². The minimum Gasteiger partial charge on any atom is -0.493 e. The summed E-state index contributed by atoms with van der Waals surface area (Å²) in [6, 6.07) is 8.43. The molecule has 1 N–H and O–H groups in total. The van der Waals surface area contributed by atoms with E-state index in [4.69, 9.17) is 4.74 Å². The number of rotatable bonds is 6. The SMILES string of the molecule is CC(C)COc1cccc(CN2CCC(CO)CC2)c1. The number of piperidine rings is 1. The van der Waals surface area contributed by atoms with Crippen LogP contribution < -0.4 is 4.74 Å². The highest BCUT2D eigenvalue weighted by atomic mass is 16.5. The van der Waals surface area contributed by atoms with Gasteiger partial charge >= 0.3 is 0 Å². The Bertz CT molecular complexity index is 398. The summed E-state index contributed by atoms with van der Waals surface area (Å²) in [5, 5.41) is 9.17. The van der Waals surface area contributed by atoms with E-state index >= 15 is 0 Å². The van der Waals surface area contributed by atoms with Crippen LogP contribution in [0.5, 0.6) is 5.75 Å². The van der Waals surface area contributed by atoms with Crippen molar-refractivity contribution in [2.75, 3.05) is 26.3 Å². The third kappa shape index (κ3) is 4.80. The van der Waals surface area contributed by atoms with Crippen molar-refractivity contribution in [2.24, 2.45) is 11.8 Å². The summed E-state index contributed by atoms with van der Waals surface area (Å²) in [5.41, 5.74) is 1.31. The van der Waals surface area contributed by atoms with E-state index in [9.17, 15) is 5.11 Å². The van der Waals surface area contributed by atoms with Gasteiger partial charge in [-0.25, -0.2) is 0 Å². The van der Waals surface area contributed by atoms with Crippen molar-refractivity contribution in [1.29, 1.82) is 0 Å². The molecule has 3 nitrogen and oxygen atoms in total. The highest BCUT2D eigenvalue weighted by molar-refractivity contribution is 5.28. The second-order valence-corrected chi connectivity index (χ2v) is 6.25. The Balaban J connectivity index is 1.85. The van der Waals surface area contributed by atoms with Gasteiger partial charge in [-0.1, -0.05) is 26.0 Å². The standard InChI is InChI=1S/C17H27NO2/c1-14(2)13-20-17-5-3-4-16(10-17)11-18-8-6-15(12-19)7-9-18/h3-5,10,14-15,19H,6-9,11-13H2,1-2H3. The molecule has 0 unspecified atom stereocenters. The van der Waals surface area contributed by atoms with Gasteiger partial charge in [-0.05, 0) is 55.5 Å². The van der Waals surface area contributed by atoms with Crippen LogP contribution in [0.15, 0.2) is 24.3 Å². The fourth-order valence-corrected chi connectivity index (χ4v) is 2.58. The molecule has 0 aromatic heterocycles. The molecule has 0 bridgehead atoms. The van der Waals surface area contributed by atoms with Gasteiger partial charge < -0.3 is 9.84 Å². The normalized spacial score (nSPS) is 17.6. The molecule has 1 saturated heterocycles. The summed E-state index contributed by atoms with van der Waals surface area (Å²) in [4.78, 5) is 2.47. The van der Waals surface area contributed by atoms with Crippen molar-refractivity contribution in [3.63, 3.8) is 0 Å². The molecule has 1 aliphatic rings. The van der Waals surface area contributed by atoms with Gasteiger partial charge in [-0.15, -0.1) is 0 Å². The molecule has 2 rings (SSSR count). The van der Waals surface area contributed by atoms with Crippen molar-refractivity contribution in [2.45, 2.75) is 33.2 Å². The lowest BCUT2D eigenvalue weighted by atomic mass is 9.97. The molecule has 0 radical (unpaired) electrons. The highest BCUT2D eigenvalue weighted by Crippen LogP contribution is 2.20. The Morgan fingerprint density at radius 1 is 1.30 bits per heavy atom. The number of ether oxygens (including phenoxy) is 1. The highest BCUT2D eigenvalue weighted by Gasteiger charge is 2.18. The van der Waals surface area contributed by atoms with Crippen LogP contribution in [0.3, 0.4) is 0 Å². The van der Waals surface area contributed by atoms with E-state index in [1.54, 1.807) is 0 Å². The van der Waals surface area contributed by atoms with Crippen LogP contribution in [0.25, 0.3) is 0 Å². The van der Waals surface area contributed by atoms with E-state index in [2.05, 4.69) is 36.9 Å². The number of hydrogen-bond donors (Lipinski definition) is 1. The molecular weight excluding hydrogens is 250 g/mol. The summed E-state index contributed by atoms with van der Waals surface area (Å²) in [5.74, 6) is 2.03. The molecule has 0 amide bonds. The van der Waals surface area contributed by atoms with Crippen LogP contribution in [-0.2, 0) is 6.54 Å². The summed E-state index contributed by atoms with van der Waals surface area (Å²) in [6.45, 7) is 8.59. The maximum atomic E-state index is 9.17. The predicted molar refractivity (Wildman–Crippen MR) is 81.9 cm³/mol. The average molecular weight is 277 g/mol. The molecule has 1 aromatic rings. The van der Waals surface area contributed by atoms with E-state index in [0.717, 1.165) is 44.8 Å². The first-order chi connectivity index (χ1) is 9.67. The predicted octanol–water partition coefficient (Wildman–Crippen LogP) is 2.93. The quantitative estimate of drug-likeness (QED) is 0.868. The maximum Gasteiger partial charge on any atom is 0.119 e. The number of benzene rings is 1. The lowest BCUT2D eigenvalue weighted by Crippen LogP contribution is -2.34. The molecule has 0 spiro atoms. The molecule has 1 aromatic carbocycles. The second-order valence-electron chi connectivity index (χ2n) is 6.25. The Hall–Kier alpha value is -1.06. The van der Waals surface area contributed by atoms with E-state index < -0.39 is 0 Å². The third-order valence-electron chi connectivity index (χ3n) is 3.85. The molecular formula is C17H27NO2. The van der Waals surface area contributed by atoms with Gasteiger partial charge in [0.05, 0.1) is 6.61 Å². The van der Waals surface area contributed by atoms with Gasteiger partial charge in [0, 0.05) is 13.2 Å². The number of aliphatic hydroxyl groups is 1. The largest absolute Gasteiger partial charge is 0.493 e. The lowest BCUT2D eigenvalue weighted by Gasteiger charge is -2.31. The third-order valence-corrected chi connectivity index (χ3v) is 3.85. The molecule has 112 valence electrons. The van der Waals surface area contributed by atoms with Crippen molar-refractivity contribution in [3.8, 4) is 5.75 Å². The van der Waals surface area contributed by atoms with E-state index in [1.807, 2.05) is 6.07 Å². The van der Waals surface area contributed by atoms with Crippen LogP contribution in [-0.4, -0.2) is 36.3 Å². The van der Waals surface area contributed by atoms with Gasteiger partial charge in [-0.2, -0.15) is 0 Å². The first-order valence-electron chi connectivity index (χ1n) is 7.72. The summed E-state index contributed by atoms with van der Waals surface area (Å²) >= 11 is 0. The molecule has 20 heavy (non-hydrogen) atoms. The molecule has 1 aliphatic heterocycles. The zero-order chi connectivity index (χ0) is 14.4. The monoisotopic (exact) mass is 277 g/mol. The number of nitrogens with zero attached hydrogens (tertiary/aromatic N) is 1. The van der Waals surface area contributed by atoms with Gasteiger partial charge in [-0.3, -0.25) is 4.90 Å². The topological polar surface area (TPSA) is 32.7 Å². The van der Waals surface area contributed by atoms with Gasteiger partial charge in [0.1, 0.15) is 5.75 Å². The fourth-order valence-electron chi connectivity index (χ4n) is 2.58. The Labute approximate surface area is 122 Å². The Morgan fingerprint density at radius 3 is 2.70 bits per heavy atom. The van der Waals surface area contributed by atoms with Crippen LogP contribution in [0, 0.1) is 11.8 Å². The van der Waals surface area contributed by atoms with Crippen LogP contribution >= 0.6 is 0 Å². The minimum atomic E-state index is 0.340. The van der Waals surface area contributed by atoms with Gasteiger partial charge in [0.2, 0.25) is 0 Å².